The quantitative estimate of drug-likeness (QED) is 0.527. The Labute approximate surface area is 80.0 Å². The molecule has 14 heavy (non-hydrogen) atoms. The molecule has 0 amide bonds. The highest BCUT2D eigenvalue weighted by Gasteiger charge is 2.27. The Bertz CT molecular complexity index is 223. The van der Waals surface area contributed by atoms with E-state index in [1.807, 2.05) is 0 Å². The number of alkyl halides is 3. The Morgan fingerprint density at radius 2 is 1.93 bits per heavy atom. The molecule has 0 aromatic carbocycles. The number of methoxy groups -OCH3 is 1. The van der Waals surface area contributed by atoms with Gasteiger partial charge in [0.25, 0.3) is 0 Å². The molecule has 0 aliphatic carbocycles. The smallest absolute Gasteiger partial charge is 0.426 e. The molecule has 0 N–H and O–H groups in total. The third kappa shape index (κ3) is 4.84. The van der Waals surface area contributed by atoms with E-state index in [2.05, 4.69) is 9.73 Å². The fourth-order valence-electron chi connectivity index (χ4n) is 0.791. The molecule has 0 aromatic rings. The Morgan fingerprint density at radius 1 is 1.43 bits per heavy atom. The second kappa shape index (κ2) is 4.97. The lowest BCUT2D eigenvalue weighted by Crippen LogP contribution is -2.27. The number of ether oxygens (including phenoxy) is 1. The molecular formula is C8H12F3NO2. The fraction of sp³-hybridized carbons (Fsp3) is 0.750. The van der Waals surface area contributed by atoms with Crippen molar-refractivity contribution in [2.75, 3.05) is 7.11 Å². The molecule has 0 saturated heterocycles. The average molecular weight is 211 g/mol. The van der Waals surface area contributed by atoms with Crippen molar-refractivity contribution in [1.29, 1.82) is 0 Å². The average Bonchev–Trinajstić information content (AvgIpc) is 2.01. The predicted octanol–water partition coefficient (Wildman–Crippen LogP) is 1.82. The zero-order valence-electron chi connectivity index (χ0n) is 8.13. The predicted molar refractivity (Wildman–Crippen MR) is 45.2 cm³/mol. The van der Waals surface area contributed by atoms with Crippen LogP contribution in [-0.2, 0) is 9.53 Å². The molecule has 1 atom stereocenters. The number of esters is 1. The number of hydrogen-bond acceptors (Lipinski definition) is 3. The van der Waals surface area contributed by atoms with Crippen LogP contribution < -0.4 is 0 Å². The van der Waals surface area contributed by atoms with Gasteiger partial charge in [0.1, 0.15) is 12.3 Å². The van der Waals surface area contributed by atoms with Crippen LogP contribution in [0.2, 0.25) is 0 Å². The van der Waals surface area contributed by atoms with E-state index >= 15 is 0 Å². The Hall–Kier alpha value is -1.07. The summed E-state index contributed by atoms with van der Waals surface area (Å²) in [5.41, 5.74) is 0. The fourth-order valence-corrected chi connectivity index (χ4v) is 0.791. The van der Waals surface area contributed by atoms with Crippen molar-refractivity contribution in [3.8, 4) is 0 Å². The summed E-state index contributed by atoms with van der Waals surface area (Å²) in [6.45, 7) is 3.19. The van der Waals surface area contributed by atoms with E-state index in [-0.39, 0.29) is 12.1 Å². The van der Waals surface area contributed by atoms with E-state index in [1.165, 1.54) is 0 Å². The van der Waals surface area contributed by atoms with Crippen molar-refractivity contribution < 1.29 is 22.7 Å². The molecule has 0 spiro atoms. The van der Waals surface area contributed by atoms with Gasteiger partial charge in [0, 0.05) is 0 Å². The van der Waals surface area contributed by atoms with Gasteiger partial charge in [-0.2, -0.15) is 13.2 Å². The molecule has 0 fully saturated rings. The maximum Gasteiger partial charge on any atom is 0.426 e. The molecule has 0 aromatic heterocycles. The number of carbonyl (C=O) groups excluding carboxylic acids is 1. The maximum absolute atomic E-state index is 11.7. The minimum Gasteiger partial charge on any atom is -0.467 e. The lowest BCUT2D eigenvalue weighted by molar-refractivity contribution is -0.143. The highest BCUT2D eigenvalue weighted by Crippen LogP contribution is 2.14. The highest BCUT2D eigenvalue weighted by molar-refractivity contribution is 5.79. The number of aliphatic imine (C=N–C) groups is 1. The van der Waals surface area contributed by atoms with E-state index in [0.29, 0.717) is 0 Å². The van der Waals surface area contributed by atoms with Gasteiger partial charge >= 0.3 is 12.1 Å². The van der Waals surface area contributed by atoms with Crippen molar-refractivity contribution in [1.82, 2.24) is 0 Å². The van der Waals surface area contributed by atoms with Crippen LogP contribution >= 0.6 is 0 Å². The first-order valence-electron chi connectivity index (χ1n) is 3.97. The summed E-state index contributed by atoms with van der Waals surface area (Å²) in [7, 11) is 1.11. The van der Waals surface area contributed by atoms with Crippen molar-refractivity contribution >= 4 is 12.2 Å². The molecule has 0 saturated carbocycles. The summed E-state index contributed by atoms with van der Waals surface area (Å²) in [5.74, 6) is -1.10. The van der Waals surface area contributed by atoms with Crippen LogP contribution in [-0.4, -0.2) is 31.5 Å². The third-order valence-corrected chi connectivity index (χ3v) is 1.46. The third-order valence-electron chi connectivity index (χ3n) is 1.46. The van der Waals surface area contributed by atoms with Gasteiger partial charge < -0.3 is 4.74 Å². The second-order valence-electron chi connectivity index (χ2n) is 3.03. The van der Waals surface area contributed by atoms with Crippen molar-refractivity contribution in [3.05, 3.63) is 0 Å². The summed E-state index contributed by atoms with van der Waals surface area (Å²) < 4.78 is 39.6. The monoisotopic (exact) mass is 211 g/mol. The van der Waals surface area contributed by atoms with Crippen LogP contribution in [0.5, 0.6) is 0 Å². The normalized spacial score (nSPS) is 14.8. The van der Waals surface area contributed by atoms with Gasteiger partial charge in [0.2, 0.25) is 0 Å². The van der Waals surface area contributed by atoms with Crippen molar-refractivity contribution in [2.45, 2.75) is 26.1 Å². The van der Waals surface area contributed by atoms with Gasteiger partial charge in [-0.1, -0.05) is 13.8 Å². The number of rotatable bonds is 3. The van der Waals surface area contributed by atoms with E-state index in [9.17, 15) is 18.0 Å². The Morgan fingerprint density at radius 3 is 2.21 bits per heavy atom. The molecule has 6 heteroatoms. The van der Waals surface area contributed by atoms with Gasteiger partial charge in [-0.15, -0.1) is 0 Å². The summed E-state index contributed by atoms with van der Waals surface area (Å²) >= 11 is 0. The Kier molecular flexibility index (Phi) is 4.59. The molecule has 0 radical (unpaired) electrons. The molecule has 0 aliphatic heterocycles. The van der Waals surface area contributed by atoms with Gasteiger partial charge in [0.15, 0.2) is 0 Å². The van der Waals surface area contributed by atoms with E-state index in [4.69, 9.17) is 0 Å². The summed E-state index contributed by atoms with van der Waals surface area (Å²) in [6.07, 6.45) is -4.68. The SMILES string of the molecule is COC(=O)[C@@H](/N=C/C(F)(F)F)C(C)C. The molecular weight excluding hydrogens is 199 g/mol. The zero-order chi connectivity index (χ0) is 11.4. The van der Waals surface area contributed by atoms with Crippen LogP contribution in [0.15, 0.2) is 4.99 Å². The second-order valence-corrected chi connectivity index (χ2v) is 3.03. The maximum atomic E-state index is 11.7. The van der Waals surface area contributed by atoms with Crippen molar-refractivity contribution in [3.63, 3.8) is 0 Å². The van der Waals surface area contributed by atoms with Crippen LogP contribution in [0.3, 0.4) is 0 Å². The standard InChI is InChI=1S/C8H12F3NO2/c1-5(2)6(7(13)14-3)12-4-8(9,10)11/h4-6H,1-3H3/b12-4+/t6-/m0/s1. The minimum absolute atomic E-state index is 0.186. The number of halogens is 3. The first kappa shape index (κ1) is 12.9. The molecule has 0 rings (SSSR count). The lowest BCUT2D eigenvalue weighted by atomic mass is 10.1. The van der Waals surface area contributed by atoms with Crippen LogP contribution in [0.4, 0.5) is 13.2 Å². The molecule has 0 heterocycles. The topological polar surface area (TPSA) is 38.7 Å². The number of hydrogen-bond donors (Lipinski definition) is 0. The zero-order valence-corrected chi connectivity index (χ0v) is 8.13. The summed E-state index contributed by atoms with van der Waals surface area (Å²) in [5, 5.41) is 0. The molecule has 3 nitrogen and oxygen atoms in total. The van der Waals surface area contributed by atoms with Crippen molar-refractivity contribution in [2.24, 2.45) is 10.9 Å². The molecule has 0 bridgehead atoms. The van der Waals surface area contributed by atoms with Gasteiger partial charge in [-0.05, 0) is 5.92 Å². The first-order chi connectivity index (χ1) is 6.28. The largest absolute Gasteiger partial charge is 0.467 e. The number of carbonyl (C=O) groups is 1. The first-order valence-corrected chi connectivity index (χ1v) is 3.97. The summed E-state index contributed by atoms with van der Waals surface area (Å²) in [6, 6.07) is -1.10. The van der Waals surface area contributed by atoms with E-state index < -0.39 is 18.2 Å². The highest BCUT2D eigenvalue weighted by atomic mass is 19.4. The number of nitrogens with zero attached hydrogens (tertiary/aromatic N) is 1. The lowest BCUT2D eigenvalue weighted by Gasteiger charge is -2.13. The van der Waals surface area contributed by atoms with Crippen LogP contribution in [0.25, 0.3) is 0 Å². The summed E-state index contributed by atoms with van der Waals surface area (Å²) in [4.78, 5) is 14.1. The molecule has 0 unspecified atom stereocenters. The van der Waals surface area contributed by atoms with E-state index in [1.54, 1.807) is 13.8 Å². The van der Waals surface area contributed by atoms with Crippen LogP contribution in [0.1, 0.15) is 13.8 Å². The van der Waals surface area contributed by atoms with Gasteiger partial charge in [-0.3, -0.25) is 4.99 Å². The molecule has 82 valence electrons. The van der Waals surface area contributed by atoms with Gasteiger partial charge in [0.05, 0.1) is 7.11 Å². The minimum atomic E-state index is -4.50. The van der Waals surface area contributed by atoms with E-state index in [0.717, 1.165) is 7.11 Å². The molecule has 0 aliphatic rings. The van der Waals surface area contributed by atoms with Gasteiger partial charge in [-0.25, -0.2) is 4.79 Å². The Balaban J connectivity index is 4.54. The van der Waals surface area contributed by atoms with Crippen LogP contribution in [0, 0.1) is 5.92 Å².